The summed E-state index contributed by atoms with van der Waals surface area (Å²) in [4.78, 5) is 36.5. The predicted octanol–water partition coefficient (Wildman–Crippen LogP) is 1.52. The molecule has 0 radical (unpaired) electrons. The lowest BCUT2D eigenvalue weighted by Crippen LogP contribution is -2.45. The molecule has 32 heavy (non-hydrogen) atoms. The Balaban J connectivity index is 2.05. The number of benzene rings is 2. The third-order valence-corrected chi connectivity index (χ3v) is 4.34. The average molecular weight is 443 g/mol. The van der Waals surface area contributed by atoms with Crippen LogP contribution in [0.15, 0.2) is 60.7 Å². The number of phenols is 2. The van der Waals surface area contributed by atoms with Crippen LogP contribution < -0.4 is 5.32 Å². The van der Waals surface area contributed by atoms with Crippen LogP contribution in [0.3, 0.4) is 0 Å². The molecule has 2 atom stereocenters. The summed E-state index contributed by atoms with van der Waals surface area (Å²) in [6.07, 6.45) is -1.55. The number of nitrogens with one attached hydrogen (secondary N) is 1. The van der Waals surface area contributed by atoms with E-state index in [2.05, 4.69) is 11.9 Å². The second kappa shape index (κ2) is 11.5. The highest BCUT2D eigenvalue weighted by Crippen LogP contribution is 2.18. The molecule has 0 fully saturated rings. The number of carbonyl (C=O) groups excluding carboxylic acids is 3. The Morgan fingerprint density at radius 3 is 2.03 bits per heavy atom. The Hall–Kier alpha value is -3.85. The number of amides is 1. The van der Waals surface area contributed by atoms with E-state index < -0.39 is 30.0 Å². The zero-order valence-corrected chi connectivity index (χ0v) is 17.5. The van der Waals surface area contributed by atoms with Gasteiger partial charge in [-0.3, -0.25) is 4.79 Å². The van der Waals surface area contributed by atoms with E-state index >= 15 is 0 Å². The van der Waals surface area contributed by atoms with E-state index in [0.29, 0.717) is 5.56 Å². The van der Waals surface area contributed by atoms with Crippen molar-refractivity contribution in [2.45, 2.75) is 25.5 Å². The molecular weight excluding hydrogens is 418 g/mol. The molecule has 0 unspecified atom stereocenters. The number of phenolic OH excluding ortho intramolecular Hbond substituents is 2. The molecule has 0 aromatic heterocycles. The van der Waals surface area contributed by atoms with Crippen LogP contribution in [0.1, 0.15) is 24.2 Å². The zero-order valence-electron chi connectivity index (χ0n) is 17.5. The lowest BCUT2D eigenvalue weighted by atomic mass is 10.0. The van der Waals surface area contributed by atoms with Crippen molar-refractivity contribution in [3.8, 4) is 11.5 Å². The summed E-state index contributed by atoms with van der Waals surface area (Å²) in [5.41, 5.74) is 1.05. The van der Waals surface area contributed by atoms with E-state index in [4.69, 9.17) is 9.47 Å². The number of aromatic hydroxyl groups is 2. The Bertz CT molecular complexity index is 953. The number of rotatable bonds is 10. The first kappa shape index (κ1) is 24.4. The molecule has 170 valence electrons. The number of carbonyl (C=O) groups is 3. The number of hydrogen-bond donors (Lipinski definition) is 4. The Labute approximate surface area is 184 Å². The van der Waals surface area contributed by atoms with Crippen molar-refractivity contribution in [2.24, 2.45) is 0 Å². The topological polar surface area (TPSA) is 142 Å². The molecule has 4 N–H and O–H groups in total. The van der Waals surface area contributed by atoms with Crippen molar-refractivity contribution in [3.05, 3.63) is 71.8 Å². The molecular formula is C23H25NO8. The first-order chi connectivity index (χ1) is 15.2. The van der Waals surface area contributed by atoms with Gasteiger partial charge in [-0.1, -0.05) is 30.8 Å². The van der Waals surface area contributed by atoms with Crippen molar-refractivity contribution >= 4 is 17.8 Å². The number of ether oxygens (including phenoxy) is 2. The molecule has 0 saturated heterocycles. The average Bonchev–Trinajstić information content (AvgIpc) is 2.77. The first-order valence-corrected chi connectivity index (χ1v) is 9.72. The van der Waals surface area contributed by atoms with Gasteiger partial charge in [0, 0.05) is 12.0 Å². The van der Waals surface area contributed by atoms with Gasteiger partial charge in [-0.05, 0) is 42.3 Å². The van der Waals surface area contributed by atoms with Crippen molar-refractivity contribution < 1.29 is 39.2 Å². The molecule has 0 aliphatic heterocycles. The van der Waals surface area contributed by atoms with E-state index in [9.17, 15) is 29.7 Å². The van der Waals surface area contributed by atoms with Crippen molar-refractivity contribution in [1.82, 2.24) is 5.32 Å². The van der Waals surface area contributed by atoms with Crippen LogP contribution in [0, 0.1) is 0 Å². The summed E-state index contributed by atoms with van der Waals surface area (Å²) >= 11 is 0. The fraction of sp³-hybridized carbons (Fsp3) is 0.261. The zero-order chi connectivity index (χ0) is 23.7. The fourth-order valence-electron chi connectivity index (χ4n) is 2.62. The van der Waals surface area contributed by atoms with Crippen LogP contribution in [0.4, 0.5) is 0 Å². The number of esters is 2. The van der Waals surface area contributed by atoms with Gasteiger partial charge in [-0.15, -0.1) is 0 Å². The molecule has 0 aliphatic rings. The monoisotopic (exact) mass is 443 g/mol. The maximum atomic E-state index is 12.6. The molecule has 0 spiro atoms. The lowest BCUT2D eigenvalue weighted by Gasteiger charge is -2.20. The van der Waals surface area contributed by atoms with Gasteiger partial charge in [0.05, 0.1) is 0 Å². The van der Waals surface area contributed by atoms with E-state index in [0.717, 1.165) is 0 Å². The number of aliphatic hydroxyl groups is 1. The molecule has 0 saturated carbocycles. The van der Waals surface area contributed by atoms with Gasteiger partial charge >= 0.3 is 11.9 Å². The highest BCUT2D eigenvalue weighted by molar-refractivity contribution is 5.88. The summed E-state index contributed by atoms with van der Waals surface area (Å²) in [6.45, 7) is 4.50. The highest BCUT2D eigenvalue weighted by Gasteiger charge is 2.27. The normalized spacial score (nSPS) is 12.3. The van der Waals surface area contributed by atoms with E-state index in [1.807, 2.05) is 0 Å². The summed E-state index contributed by atoms with van der Waals surface area (Å²) in [5, 5.41) is 31.5. The number of hydrogen-bond acceptors (Lipinski definition) is 8. The molecule has 0 bridgehead atoms. The number of aliphatic hydroxyl groups excluding tert-OH is 1. The van der Waals surface area contributed by atoms with Crippen LogP contribution in [0.2, 0.25) is 0 Å². The minimum atomic E-state index is -1.58. The Morgan fingerprint density at radius 1 is 0.938 bits per heavy atom. The summed E-state index contributed by atoms with van der Waals surface area (Å²) in [7, 11) is 0. The third kappa shape index (κ3) is 7.44. The maximum absolute atomic E-state index is 12.6. The van der Waals surface area contributed by atoms with Crippen LogP contribution in [-0.4, -0.2) is 52.4 Å². The van der Waals surface area contributed by atoms with Crippen molar-refractivity contribution in [2.75, 3.05) is 13.2 Å². The first-order valence-electron chi connectivity index (χ1n) is 9.72. The lowest BCUT2D eigenvalue weighted by molar-refractivity contribution is -0.153. The molecule has 9 heteroatoms. The van der Waals surface area contributed by atoms with E-state index in [1.54, 1.807) is 12.1 Å². The minimum Gasteiger partial charge on any atom is -0.508 e. The van der Waals surface area contributed by atoms with Gasteiger partial charge in [0.1, 0.15) is 30.8 Å². The minimum absolute atomic E-state index is 0.0255. The van der Waals surface area contributed by atoms with Gasteiger partial charge in [-0.25, -0.2) is 9.59 Å². The third-order valence-electron chi connectivity index (χ3n) is 4.34. The van der Waals surface area contributed by atoms with Crippen molar-refractivity contribution in [1.29, 1.82) is 0 Å². The van der Waals surface area contributed by atoms with E-state index in [1.165, 1.54) is 43.3 Å². The molecule has 2 aromatic rings. The maximum Gasteiger partial charge on any atom is 0.333 e. The Kier molecular flexibility index (Phi) is 8.79. The summed E-state index contributed by atoms with van der Waals surface area (Å²) in [5.74, 6) is -2.24. The quantitative estimate of drug-likeness (QED) is 0.246. The molecule has 2 rings (SSSR count). The van der Waals surface area contributed by atoms with Gasteiger partial charge < -0.3 is 30.1 Å². The SMILES string of the molecule is C=C(C)C(=O)OCCOC(=O)[C@H](Cc1ccc(O)cc1)NC(=O)[C@H](O)c1ccc(O)cc1. The van der Waals surface area contributed by atoms with E-state index in [-0.39, 0.29) is 42.3 Å². The van der Waals surface area contributed by atoms with Crippen LogP contribution in [-0.2, 0) is 30.3 Å². The van der Waals surface area contributed by atoms with Crippen molar-refractivity contribution in [3.63, 3.8) is 0 Å². The standard InChI is InChI=1S/C23H25NO8/c1-14(2)22(29)31-11-12-32-23(30)19(13-15-3-7-17(25)8-4-15)24-21(28)20(27)16-5-9-18(26)10-6-16/h3-10,19-20,25-27H,1,11-13H2,2H3,(H,24,28)/t19-,20+/m0/s1. The van der Waals surface area contributed by atoms with Gasteiger partial charge in [0.15, 0.2) is 6.10 Å². The second-order valence-corrected chi connectivity index (χ2v) is 7.01. The van der Waals surface area contributed by atoms with Gasteiger partial charge in [-0.2, -0.15) is 0 Å². The van der Waals surface area contributed by atoms with Crippen LogP contribution in [0.25, 0.3) is 0 Å². The van der Waals surface area contributed by atoms with Crippen LogP contribution >= 0.6 is 0 Å². The molecule has 9 nitrogen and oxygen atoms in total. The predicted molar refractivity (Wildman–Crippen MR) is 114 cm³/mol. The summed E-state index contributed by atoms with van der Waals surface area (Å²) < 4.78 is 9.97. The highest BCUT2D eigenvalue weighted by atomic mass is 16.6. The molecule has 2 aromatic carbocycles. The van der Waals surface area contributed by atoms with Gasteiger partial charge in [0.25, 0.3) is 5.91 Å². The van der Waals surface area contributed by atoms with Gasteiger partial charge in [0.2, 0.25) is 0 Å². The fourth-order valence-corrected chi connectivity index (χ4v) is 2.62. The Morgan fingerprint density at radius 2 is 1.47 bits per heavy atom. The molecule has 0 heterocycles. The smallest absolute Gasteiger partial charge is 0.333 e. The molecule has 1 amide bonds. The largest absolute Gasteiger partial charge is 0.508 e. The summed E-state index contributed by atoms with van der Waals surface area (Å²) in [6, 6.07) is 10.3. The second-order valence-electron chi connectivity index (χ2n) is 7.01. The molecule has 0 aliphatic carbocycles. The van der Waals surface area contributed by atoms with Crippen LogP contribution in [0.5, 0.6) is 11.5 Å².